The Morgan fingerprint density at radius 3 is 2.47 bits per heavy atom. The van der Waals surface area contributed by atoms with Gasteiger partial charge in [-0.05, 0) is 45.3 Å². The van der Waals surface area contributed by atoms with Gasteiger partial charge in [0.25, 0.3) is 0 Å². The number of nitrogens with zero attached hydrogens (tertiary/aromatic N) is 1. The summed E-state index contributed by atoms with van der Waals surface area (Å²) in [6.45, 7) is 7.12. The standard InChI is InChI=1S/C13H26N2O2/c1-3-5-12(13(16)17)15(10-4-2)11-6-8-14-9-7-11/h11-12,14H,3-10H2,1-2H3,(H,16,17). The fraction of sp³-hybridized carbons (Fsp3) is 0.923. The van der Waals surface area contributed by atoms with Crippen LogP contribution < -0.4 is 5.32 Å². The predicted molar refractivity (Wildman–Crippen MR) is 69.2 cm³/mol. The van der Waals surface area contributed by atoms with Gasteiger partial charge in [0, 0.05) is 6.04 Å². The van der Waals surface area contributed by atoms with Crippen LogP contribution in [0.4, 0.5) is 0 Å². The van der Waals surface area contributed by atoms with Crippen LogP contribution in [0.3, 0.4) is 0 Å². The maximum atomic E-state index is 11.4. The van der Waals surface area contributed by atoms with Crippen LogP contribution in [0.1, 0.15) is 46.0 Å². The van der Waals surface area contributed by atoms with Gasteiger partial charge in [0.2, 0.25) is 0 Å². The lowest BCUT2D eigenvalue weighted by Crippen LogP contribution is -2.51. The normalized spacial score (nSPS) is 19.5. The van der Waals surface area contributed by atoms with Gasteiger partial charge in [-0.15, -0.1) is 0 Å². The van der Waals surface area contributed by atoms with Crippen molar-refractivity contribution in [2.24, 2.45) is 0 Å². The molecule has 1 unspecified atom stereocenters. The fourth-order valence-corrected chi connectivity index (χ4v) is 2.69. The third kappa shape index (κ3) is 4.28. The van der Waals surface area contributed by atoms with E-state index in [-0.39, 0.29) is 6.04 Å². The Bertz CT molecular complexity index is 227. The Labute approximate surface area is 104 Å². The zero-order valence-corrected chi connectivity index (χ0v) is 11.1. The lowest BCUT2D eigenvalue weighted by atomic mass is 10.00. The number of nitrogens with one attached hydrogen (secondary N) is 1. The summed E-state index contributed by atoms with van der Waals surface area (Å²) in [6, 6.07) is 0.159. The number of hydrogen-bond donors (Lipinski definition) is 2. The largest absolute Gasteiger partial charge is 0.480 e. The van der Waals surface area contributed by atoms with Crippen LogP contribution >= 0.6 is 0 Å². The molecular weight excluding hydrogens is 216 g/mol. The molecule has 0 aromatic carbocycles. The Morgan fingerprint density at radius 2 is 2.00 bits per heavy atom. The third-order valence-corrected chi connectivity index (χ3v) is 3.51. The van der Waals surface area contributed by atoms with Crippen molar-refractivity contribution in [3.63, 3.8) is 0 Å². The Morgan fingerprint density at radius 1 is 1.35 bits per heavy atom. The molecule has 0 aliphatic carbocycles. The van der Waals surface area contributed by atoms with Crippen LogP contribution in [0.25, 0.3) is 0 Å². The first-order valence-electron chi connectivity index (χ1n) is 6.90. The van der Waals surface area contributed by atoms with Gasteiger partial charge < -0.3 is 10.4 Å². The average molecular weight is 242 g/mol. The van der Waals surface area contributed by atoms with Gasteiger partial charge in [-0.25, -0.2) is 0 Å². The highest BCUT2D eigenvalue weighted by Gasteiger charge is 2.30. The minimum atomic E-state index is -0.654. The van der Waals surface area contributed by atoms with Gasteiger partial charge in [-0.1, -0.05) is 20.3 Å². The maximum absolute atomic E-state index is 11.4. The van der Waals surface area contributed by atoms with Crippen LogP contribution in [-0.4, -0.2) is 47.7 Å². The first-order valence-corrected chi connectivity index (χ1v) is 6.90. The minimum Gasteiger partial charge on any atom is -0.480 e. The molecule has 17 heavy (non-hydrogen) atoms. The van der Waals surface area contributed by atoms with Crippen molar-refractivity contribution in [3.05, 3.63) is 0 Å². The summed E-state index contributed by atoms with van der Waals surface area (Å²) in [7, 11) is 0. The van der Waals surface area contributed by atoms with E-state index in [1.165, 1.54) is 0 Å². The van der Waals surface area contributed by atoms with E-state index >= 15 is 0 Å². The van der Waals surface area contributed by atoms with Crippen LogP contribution in [0.2, 0.25) is 0 Å². The van der Waals surface area contributed by atoms with Crippen molar-refractivity contribution in [3.8, 4) is 0 Å². The lowest BCUT2D eigenvalue weighted by molar-refractivity contribution is -0.145. The summed E-state index contributed by atoms with van der Waals surface area (Å²) in [4.78, 5) is 13.6. The smallest absolute Gasteiger partial charge is 0.320 e. The van der Waals surface area contributed by atoms with Gasteiger partial charge in [0.15, 0.2) is 0 Å². The molecule has 0 bridgehead atoms. The van der Waals surface area contributed by atoms with Crippen LogP contribution in [-0.2, 0) is 4.79 Å². The van der Waals surface area contributed by atoms with Crippen molar-refractivity contribution in [2.75, 3.05) is 19.6 Å². The van der Waals surface area contributed by atoms with E-state index in [0.29, 0.717) is 6.04 Å². The number of carbonyl (C=O) groups is 1. The highest BCUT2D eigenvalue weighted by molar-refractivity contribution is 5.73. The highest BCUT2D eigenvalue weighted by Crippen LogP contribution is 2.18. The molecule has 100 valence electrons. The molecule has 1 atom stereocenters. The van der Waals surface area contributed by atoms with Crippen molar-refractivity contribution in [1.82, 2.24) is 10.2 Å². The molecule has 0 amide bonds. The van der Waals surface area contributed by atoms with E-state index in [0.717, 1.165) is 51.7 Å². The average Bonchev–Trinajstić information content (AvgIpc) is 2.34. The SMILES string of the molecule is CCCC(C(=O)O)N(CCC)C1CCNCC1. The Hall–Kier alpha value is -0.610. The predicted octanol–water partition coefficient (Wildman–Crippen LogP) is 1.70. The lowest BCUT2D eigenvalue weighted by Gasteiger charge is -2.38. The molecule has 1 fully saturated rings. The Kier molecular flexibility index (Phi) is 6.52. The number of piperidine rings is 1. The molecule has 1 aliphatic heterocycles. The molecule has 4 heteroatoms. The molecule has 0 radical (unpaired) electrons. The fourth-order valence-electron chi connectivity index (χ4n) is 2.69. The molecule has 1 aliphatic rings. The second kappa shape index (κ2) is 7.67. The second-order valence-corrected chi connectivity index (χ2v) is 4.86. The topological polar surface area (TPSA) is 52.6 Å². The summed E-state index contributed by atoms with van der Waals surface area (Å²) >= 11 is 0. The zero-order chi connectivity index (χ0) is 12.7. The molecule has 1 rings (SSSR count). The molecule has 0 aromatic heterocycles. The molecule has 0 saturated carbocycles. The number of carboxylic acids is 1. The summed E-state index contributed by atoms with van der Waals surface area (Å²) in [6.07, 6.45) is 4.87. The maximum Gasteiger partial charge on any atom is 0.320 e. The molecule has 0 aromatic rings. The summed E-state index contributed by atoms with van der Waals surface area (Å²) < 4.78 is 0. The Balaban J connectivity index is 2.68. The van der Waals surface area contributed by atoms with Crippen LogP contribution in [0.15, 0.2) is 0 Å². The first kappa shape index (κ1) is 14.5. The molecular formula is C13H26N2O2. The number of carboxylic acid groups (broad SMARTS) is 1. The quantitative estimate of drug-likeness (QED) is 0.713. The van der Waals surface area contributed by atoms with E-state index in [1.54, 1.807) is 0 Å². The first-order chi connectivity index (χ1) is 8.20. The van der Waals surface area contributed by atoms with Crippen LogP contribution in [0, 0.1) is 0 Å². The molecule has 0 spiro atoms. The molecule has 2 N–H and O–H groups in total. The number of rotatable bonds is 7. The minimum absolute atomic E-state index is 0.289. The molecule has 4 nitrogen and oxygen atoms in total. The van der Waals surface area contributed by atoms with Crippen molar-refractivity contribution in [1.29, 1.82) is 0 Å². The van der Waals surface area contributed by atoms with Crippen molar-refractivity contribution in [2.45, 2.75) is 58.0 Å². The summed E-state index contributed by atoms with van der Waals surface area (Å²) in [5.41, 5.74) is 0. The van der Waals surface area contributed by atoms with Crippen molar-refractivity contribution >= 4 is 5.97 Å². The number of aliphatic carboxylic acids is 1. The summed E-state index contributed by atoms with van der Waals surface area (Å²) in [5.74, 6) is -0.654. The zero-order valence-electron chi connectivity index (χ0n) is 11.1. The van der Waals surface area contributed by atoms with Gasteiger partial charge in [0.1, 0.15) is 6.04 Å². The monoisotopic (exact) mass is 242 g/mol. The second-order valence-electron chi connectivity index (χ2n) is 4.86. The van der Waals surface area contributed by atoms with Crippen LogP contribution in [0.5, 0.6) is 0 Å². The number of hydrogen-bond acceptors (Lipinski definition) is 3. The van der Waals surface area contributed by atoms with Gasteiger partial charge in [-0.3, -0.25) is 9.69 Å². The van der Waals surface area contributed by atoms with Gasteiger partial charge in [0.05, 0.1) is 0 Å². The van der Waals surface area contributed by atoms with Gasteiger partial charge >= 0.3 is 5.97 Å². The van der Waals surface area contributed by atoms with E-state index in [1.807, 2.05) is 0 Å². The molecule has 1 saturated heterocycles. The highest BCUT2D eigenvalue weighted by atomic mass is 16.4. The third-order valence-electron chi connectivity index (χ3n) is 3.51. The van der Waals surface area contributed by atoms with E-state index in [4.69, 9.17) is 0 Å². The van der Waals surface area contributed by atoms with Gasteiger partial charge in [-0.2, -0.15) is 0 Å². The summed E-state index contributed by atoms with van der Waals surface area (Å²) in [5, 5.41) is 12.7. The van der Waals surface area contributed by atoms with E-state index < -0.39 is 5.97 Å². The van der Waals surface area contributed by atoms with E-state index in [2.05, 4.69) is 24.1 Å². The van der Waals surface area contributed by atoms with E-state index in [9.17, 15) is 9.90 Å². The molecule has 1 heterocycles. The van der Waals surface area contributed by atoms with Crippen molar-refractivity contribution < 1.29 is 9.90 Å².